The van der Waals surface area contributed by atoms with Crippen molar-refractivity contribution in [3.8, 4) is 11.3 Å². The van der Waals surface area contributed by atoms with E-state index in [1.54, 1.807) is 0 Å². The van der Waals surface area contributed by atoms with Crippen LogP contribution in [0.15, 0.2) is 54.6 Å². The summed E-state index contributed by atoms with van der Waals surface area (Å²) in [5, 5.41) is 10.1. The highest BCUT2D eigenvalue weighted by molar-refractivity contribution is 5.93. The Bertz CT molecular complexity index is 1080. The quantitative estimate of drug-likeness (QED) is 0.695. The number of ether oxygens (including phenoxy) is 1. The number of aromatic carboxylic acids is 1. The molecule has 1 atom stereocenters. The van der Waals surface area contributed by atoms with Gasteiger partial charge < -0.3 is 19.3 Å². The molecule has 1 fully saturated rings. The zero-order valence-corrected chi connectivity index (χ0v) is 17.7. The first-order valence-electron chi connectivity index (χ1n) is 10.9. The molecular formula is C25H27N3O3. The molecule has 0 saturated carbocycles. The van der Waals surface area contributed by atoms with Gasteiger partial charge in [-0.15, -0.1) is 0 Å². The molecule has 0 spiro atoms. The van der Waals surface area contributed by atoms with E-state index in [0.717, 1.165) is 43.5 Å². The number of piperidine rings is 1. The second-order valence-electron chi connectivity index (χ2n) is 8.46. The Labute approximate surface area is 182 Å². The highest BCUT2D eigenvalue weighted by atomic mass is 16.5. The zero-order valence-electron chi connectivity index (χ0n) is 17.7. The number of imidazole rings is 1. The average Bonchev–Trinajstić information content (AvgIpc) is 3.11. The number of likely N-dealkylation sites (tertiary alicyclic amines) is 1. The van der Waals surface area contributed by atoms with Crippen LogP contribution in [0.4, 0.5) is 0 Å². The lowest BCUT2D eigenvalue weighted by Crippen LogP contribution is -2.35. The van der Waals surface area contributed by atoms with Gasteiger partial charge in [-0.05, 0) is 37.4 Å². The number of carboxylic acids is 1. The van der Waals surface area contributed by atoms with E-state index in [4.69, 9.17) is 9.72 Å². The molecule has 0 amide bonds. The van der Waals surface area contributed by atoms with E-state index >= 15 is 0 Å². The molecule has 6 nitrogen and oxygen atoms in total. The number of carboxylic acid groups (broad SMARTS) is 1. The first-order valence-corrected chi connectivity index (χ1v) is 10.9. The van der Waals surface area contributed by atoms with E-state index in [1.165, 1.54) is 5.56 Å². The third-order valence-corrected chi connectivity index (χ3v) is 6.42. The molecular weight excluding hydrogens is 390 g/mol. The maximum Gasteiger partial charge on any atom is 0.354 e. The first kappa shape index (κ1) is 20.0. The number of nitrogens with zero attached hydrogens (tertiary/aromatic N) is 3. The van der Waals surface area contributed by atoms with E-state index < -0.39 is 5.97 Å². The molecule has 1 N–H and O–H groups in total. The van der Waals surface area contributed by atoms with Gasteiger partial charge in [-0.3, -0.25) is 0 Å². The highest BCUT2D eigenvalue weighted by Crippen LogP contribution is 2.37. The molecule has 1 unspecified atom stereocenters. The fraction of sp³-hybridized carbons (Fsp3) is 0.360. The SMILES string of the molecule is CN1CCC(OC2c3ccccc3CCn3c2nc(-c2ccccc2)c3C(=O)O)CC1. The Morgan fingerprint density at radius 2 is 1.74 bits per heavy atom. The van der Waals surface area contributed by atoms with Gasteiger partial charge in [0.2, 0.25) is 0 Å². The van der Waals surface area contributed by atoms with Crippen LogP contribution in [0, 0.1) is 0 Å². The van der Waals surface area contributed by atoms with Gasteiger partial charge >= 0.3 is 5.97 Å². The van der Waals surface area contributed by atoms with Crippen LogP contribution in [-0.2, 0) is 17.7 Å². The van der Waals surface area contributed by atoms with Gasteiger partial charge in [0, 0.05) is 25.2 Å². The molecule has 2 aliphatic heterocycles. The van der Waals surface area contributed by atoms with Crippen molar-refractivity contribution in [3.05, 3.63) is 77.2 Å². The fourth-order valence-corrected chi connectivity index (χ4v) is 4.75. The smallest absolute Gasteiger partial charge is 0.354 e. The van der Waals surface area contributed by atoms with Gasteiger partial charge in [0.15, 0.2) is 5.69 Å². The molecule has 2 aromatic carbocycles. The van der Waals surface area contributed by atoms with Gasteiger partial charge in [-0.1, -0.05) is 54.6 Å². The minimum atomic E-state index is -0.957. The highest BCUT2D eigenvalue weighted by Gasteiger charge is 2.34. The Hall–Kier alpha value is -2.96. The lowest BCUT2D eigenvalue weighted by molar-refractivity contribution is -0.0276. The van der Waals surface area contributed by atoms with E-state index in [1.807, 2.05) is 47.0 Å². The number of fused-ring (bicyclic) bond motifs is 2. The van der Waals surface area contributed by atoms with E-state index in [-0.39, 0.29) is 17.9 Å². The predicted molar refractivity (Wildman–Crippen MR) is 118 cm³/mol. The van der Waals surface area contributed by atoms with Crippen LogP contribution in [0.2, 0.25) is 0 Å². The molecule has 3 heterocycles. The van der Waals surface area contributed by atoms with Crippen LogP contribution in [0.3, 0.4) is 0 Å². The van der Waals surface area contributed by atoms with Gasteiger partial charge in [0.05, 0.1) is 6.10 Å². The summed E-state index contributed by atoms with van der Waals surface area (Å²) >= 11 is 0. The maximum atomic E-state index is 12.3. The summed E-state index contributed by atoms with van der Waals surface area (Å²) in [7, 11) is 2.13. The summed E-state index contributed by atoms with van der Waals surface area (Å²) in [4.78, 5) is 19.6. The summed E-state index contributed by atoms with van der Waals surface area (Å²) in [5.41, 5.74) is 3.86. The average molecular weight is 418 g/mol. The Kier molecular flexibility index (Phi) is 5.34. The summed E-state index contributed by atoms with van der Waals surface area (Å²) in [6, 6.07) is 17.8. The van der Waals surface area contributed by atoms with Crippen molar-refractivity contribution in [1.82, 2.24) is 14.5 Å². The van der Waals surface area contributed by atoms with Crippen molar-refractivity contribution < 1.29 is 14.6 Å². The second kappa shape index (κ2) is 8.29. The number of aryl methyl sites for hydroxylation is 1. The maximum absolute atomic E-state index is 12.3. The van der Waals surface area contributed by atoms with Crippen LogP contribution in [0.1, 0.15) is 46.4 Å². The van der Waals surface area contributed by atoms with Crippen molar-refractivity contribution in [3.63, 3.8) is 0 Å². The Morgan fingerprint density at radius 3 is 2.48 bits per heavy atom. The molecule has 2 aliphatic rings. The third-order valence-electron chi connectivity index (χ3n) is 6.42. The minimum Gasteiger partial charge on any atom is -0.477 e. The lowest BCUT2D eigenvalue weighted by atomic mass is 10.00. The standard InChI is InChI=1S/C25H27N3O3/c1-27-14-12-19(13-15-27)31-23-20-10-6-5-7-17(20)11-16-28-22(25(29)30)21(26-24(23)28)18-8-3-2-4-9-18/h2-10,19,23H,11-16H2,1H3,(H,29,30). The fourth-order valence-electron chi connectivity index (χ4n) is 4.75. The molecule has 6 heteroatoms. The first-order chi connectivity index (χ1) is 15.1. The Morgan fingerprint density at radius 1 is 1.03 bits per heavy atom. The third kappa shape index (κ3) is 3.77. The summed E-state index contributed by atoms with van der Waals surface area (Å²) < 4.78 is 8.56. The van der Waals surface area contributed by atoms with E-state index in [9.17, 15) is 9.90 Å². The van der Waals surface area contributed by atoms with Crippen LogP contribution in [0.5, 0.6) is 0 Å². The lowest BCUT2D eigenvalue weighted by Gasteiger charge is -2.32. The molecule has 31 heavy (non-hydrogen) atoms. The number of rotatable bonds is 4. The van der Waals surface area contributed by atoms with Crippen molar-refractivity contribution in [1.29, 1.82) is 0 Å². The normalized spacial score (nSPS) is 19.5. The Balaban J connectivity index is 1.63. The molecule has 0 aliphatic carbocycles. The van der Waals surface area contributed by atoms with Crippen LogP contribution in [-0.4, -0.2) is 51.8 Å². The van der Waals surface area contributed by atoms with Gasteiger partial charge in [0.1, 0.15) is 17.6 Å². The molecule has 1 aromatic heterocycles. The number of aromatic nitrogens is 2. The van der Waals surface area contributed by atoms with Crippen molar-refractivity contribution >= 4 is 5.97 Å². The number of hydrogen-bond donors (Lipinski definition) is 1. The van der Waals surface area contributed by atoms with E-state index in [2.05, 4.69) is 24.1 Å². The van der Waals surface area contributed by atoms with E-state index in [0.29, 0.717) is 18.1 Å². The predicted octanol–water partition coefficient (Wildman–Crippen LogP) is 4.00. The number of carbonyl (C=O) groups is 1. The summed E-state index contributed by atoms with van der Waals surface area (Å²) in [5.74, 6) is -0.262. The van der Waals surface area contributed by atoms with Gasteiger partial charge in [-0.25, -0.2) is 9.78 Å². The molecule has 5 rings (SSSR count). The molecule has 3 aromatic rings. The van der Waals surface area contributed by atoms with Crippen LogP contribution < -0.4 is 0 Å². The zero-order chi connectivity index (χ0) is 21.4. The molecule has 0 radical (unpaired) electrons. The summed E-state index contributed by atoms with van der Waals surface area (Å²) in [6.07, 6.45) is 2.44. The van der Waals surface area contributed by atoms with Crippen LogP contribution in [0.25, 0.3) is 11.3 Å². The van der Waals surface area contributed by atoms with Crippen LogP contribution >= 0.6 is 0 Å². The monoisotopic (exact) mass is 417 g/mol. The molecule has 1 saturated heterocycles. The van der Waals surface area contributed by atoms with Gasteiger partial charge in [-0.2, -0.15) is 0 Å². The van der Waals surface area contributed by atoms with Crippen molar-refractivity contribution in [2.45, 2.75) is 38.0 Å². The number of hydrogen-bond acceptors (Lipinski definition) is 4. The second-order valence-corrected chi connectivity index (χ2v) is 8.46. The topological polar surface area (TPSA) is 67.6 Å². The van der Waals surface area contributed by atoms with Gasteiger partial charge in [0.25, 0.3) is 0 Å². The van der Waals surface area contributed by atoms with Crippen molar-refractivity contribution in [2.75, 3.05) is 20.1 Å². The number of benzene rings is 2. The summed E-state index contributed by atoms with van der Waals surface area (Å²) in [6.45, 7) is 2.58. The minimum absolute atomic E-state index is 0.131. The molecule has 0 bridgehead atoms. The molecule has 160 valence electrons. The van der Waals surface area contributed by atoms with Crippen molar-refractivity contribution in [2.24, 2.45) is 0 Å². The largest absolute Gasteiger partial charge is 0.477 e.